The van der Waals surface area contributed by atoms with Gasteiger partial charge in [-0.15, -0.1) is 0 Å². The molecule has 1 aliphatic heterocycles. The Morgan fingerprint density at radius 2 is 1.93 bits per heavy atom. The molecule has 40 heavy (non-hydrogen) atoms. The summed E-state index contributed by atoms with van der Waals surface area (Å²) in [6, 6.07) is 17.6. The van der Waals surface area contributed by atoms with Gasteiger partial charge in [-0.1, -0.05) is 32.0 Å². The number of rotatable bonds is 10. The number of nitrogens with zero attached hydrogens (tertiary/aromatic N) is 2. The molecule has 3 aromatic rings. The van der Waals surface area contributed by atoms with E-state index in [1.54, 1.807) is 12.1 Å². The molecule has 10 heteroatoms. The second-order valence-corrected chi connectivity index (χ2v) is 9.49. The number of nitro benzene ring substituents is 1. The third-order valence-corrected chi connectivity index (χ3v) is 6.25. The van der Waals surface area contributed by atoms with E-state index in [4.69, 9.17) is 24.7 Å². The molecule has 0 bridgehead atoms. The molecule has 1 aliphatic rings. The fraction of sp³-hybridized carbons (Fsp3) is 0.267. The van der Waals surface area contributed by atoms with Crippen molar-refractivity contribution in [1.29, 1.82) is 5.26 Å². The van der Waals surface area contributed by atoms with E-state index in [0.717, 1.165) is 18.1 Å². The molecule has 1 heterocycles. The molecule has 0 spiro atoms. The molecule has 0 aromatic heterocycles. The van der Waals surface area contributed by atoms with E-state index in [0.29, 0.717) is 41.9 Å². The first kappa shape index (κ1) is 28.0. The Kier molecular flexibility index (Phi) is 8.54. The van der Waals surface area contributed by atoms with Crippen molar-refractivity contribution in [3.05, 3.63) is 98.9 Å². The molecule has 2 N–H and O–H groups in total. The van der Waals surface area contributed by atoms with Crippen LogP contribution in [0.3, 0.4) is 0 Å². The minimum absolute atomic E-state index is 0.0241. The topological polar surface area (TPSA) is 147 Å². The van der Waals surface area contributed by atoms with Crippen LogP contribution in [-0.2, 0) is 0 Å². The van der Waals surface area contributed by atoms with Crippen molar-refractivity contribution in [3.63, 3.8) is 0 Å². The van der Waals surface area contributed by atoms with E-state index in [1.807, 2.05) is 25.1 Å². The summed E-state index contributed by atoms with van der Waals surface area (Å²) in [6.45, 7) is 7.10. The number of nitro groups is 1. The number of fused-ring (bicyclic) bond motifs is 1. The number of nitriles is 1. The number of esters is 1. The van der Waals surface area contributed by atoms with Gasteiger partial charge in [0.1, 0.15) is 23.1 Å². The van der Waals surface area contributed by atoms with Crippen LogP contribution < -0.4 is 24.7 Å². The van der Waals surface area contributed by atoms with Crippen LogP contribution in [0.2, 0.25) is 0 Å². The van der Waals surface area contributed by atoms with Gasteiger partial charge < -0.3 is 24.7 Å². The van der Waals surface area contributed by atoms with Gasteiger partial charge >= 0.3 is 5.97 Å². The fourth-order valence-electron chi connectivity index (χ4n) is 4.25. The van der Waals surface area contributed by atoms with E-state index >= 15 is 0 Å². The molecule has 0 radical (unpaired) electrons. The third kappa shape index (κ3) is 6.15. The number of hydrogen-bond donors (Lipinski definition) is 1. The standard InChI is InChI=1S/C30H29N3O7/c1-4-37-27-15-19(8-11-25(27)38-13-12-18(2)3)28-23-10-9-22(16-26(23)40-29(32)24(28)17-31)39-30(34)20-6-5-7-21(14-20)33(35)36/h5-11,14-16,18,28H,4,12-13,32H2,1-3H3. The summed E-state index contributed by atoms with van der Waals surface area (Å²) < 4.78 is 23.0. The Balaban J connectivity index is 1.65. The van der Waals surface area contributed by atoms with Gasteiger partial charge in [0.2, 0.25) is 5.88 Å². The van der Waals surface area contributed by atoms with Crippen LogP contribution in [0.1, 0.15) is 54.6 Å². The number of non-ortho nitro benzene ring substituents is 1. The minimum atomic E-state index is -0.772. The number of benzene rings is 3. The van der Waals surface area contributed by atoms with Gasteiger partial charge in [0.05, 0.1) is 29.6 Å². The predicted octanol–water partition coefficient (Wildman–Crippen LogP) is 5.86. The summed E-state index contributed by atoms with van der Waals surface area (Å²) in [5.41, 5.74) is 7.55. The highest BCUT2D eigenvalue weighted by Gasteiger charge is 2.32. The number of carbonyl (C=O) groups is 1. The van der Waals surface area contributed by atoms with Crippen LogP contribution in [0.4, 0.5) is 5.69 Å². The first-order valence-corrected chi connectivity index (χ1v) is 12.8. The highest BCUT2D eigenvalue weighted by Crippen LogP contribution is 2.45. The van der Waals surface area contributed by atoms with Gasteiger partial charge in [-0.25, -0.2) is 4.79 Å². The zero-order valence-electron chi connectivity index (χ0n) is 22.4. The second-order valence-electron chi connectivity index (χ2n) is 9.49. The minimum Gasteiger partial charge on any atom is -0.490 e. The molecule has 0 saturated heterocycles. The van der Waals surface area contributed by atoms with E-state index in [9.17, 15) is 20.2 Å². The van der Waals surface area contributed by atoms with Crippen LogP contribution >= 0.6 is 0 Å². The number of nitrogens with two attached hydrogens (primary N) is 1. The van der Waals surface area contributed by atoms with Gasteiger partial charge in [-0.3, -0.25) is 10.1 Å². The average molecular weight is 544 g/mol. The third-order valence-electron chi connectivity index (χ3n) is 6.25. The maximum absolute atomic E-state index is 12.7. The molecule has 206 valence electrons. The summed E-state index contributed by atoms with van der Waals surface area (Å²) in [4.78, 5) is 23.1. The number of carbonyl (C=O) groups excluding carboxylic acids is 1. The molecule has 1 atom stereocenters. The van der Waals surface area contributed by atoms with Crippen molar-refractivity contribution in [1.82, 2.24) is 0 Å². The van der Waals surface area contributed by atoms with E-state index in [2.05, 4.69) is 19.9 Å². The quantitative estimate of drug-likeness (QED) is 0.144. The van der Waals surface area contributed by atoms with E-state index < -0.39 is 16.8 Å². The molecular weight excluding hydrogens is 514 g/mol. The summed E-state index contributed by atoms with van der Waals surface area (Å²) in [7, 11) is 0. The number of allylic oxidation sites excluding steroid dienone is 1. The Morgan fingerprint density at radius 1 is 1.12 bits per heavy atom. The average Bonchev–Trinajstić information content (AvgIpc) is 2.93. The molecule has 0 saturated carbocycles. The lowest BCUT2D eigenvalue weighted by Crippen LogP contribution is -2.21. The molecule has 3 aromatic carbocycles. The maximum Gasteiger partial charge on any atom is 0.343 e. The summed E-state index contributed by atoms with van der Waals surface area (Å²) in [6.07, 6.45) is 0.895. The van der Waals surface area contributed by atoms with Crippen LogP contribution in [0, 0.1) is 27.4 Å². The fourth-order valence-corrected chi connectivity index (χ4v) is 4.25. The molecule has 0 fully saturated rings. The highest BCUT2D eigenvalue weighted by atomic mass is 16.6. The van der Waals surface area contributed by atoms with E-state index in [-0.39, 0.29) is 28.5 Å². The van der Waals surface area contributed by atoms with Crippen molar-refractivity contribution >= 4 is 11.7 Å². The molecule has 1 unspecified atom stereocenters. The lowest BCUT2D eigenvalue weighted by molar-refractivity contribution is -0.384. The van der Waals surface area contributed by atoms with Crippen molar-refractivity contribution in [2.75, 3.05) is 13.2 Å². The van der Waals surface area contributed by atoms with Crippen molar-refractivity contribution < 1.29 is 28.7 Å². The molecule has 0 amide bonds. The Hall–Kier alpha value is -5.04. The maximum atomic E-state index is 12.7. The summed E-state index contributed by atoms with van der Waals surface area (Å²) in [5, 5.41) is 21.0. The summed E-state index contributed by atoms with van der Waals surface area (Å²) in [5.74, 6) is 0.693. The number of hydrogen-bond acceptors (Lipinski definition) is 9. The normalized spacial score (nSPS) is 14.1. The zero-order valence-corrected chi connectivity index (χ0v) is 22.4. The van der Waals surface area contributed by atoms with E-state index in [1.165, 1.54) is 24.3 Å². The zero-order chi connectivity index (χ0) is 28.8. The Morgan fingerprint density at radius 3 is 2.62 bits per heavy atom. The predicted molar refractivity (Wildman–Crippen MR) is 146 cm³/mol. The molecule has 0 aliphatic carbocycles. The van der Waals surface area contributed by atoms with Crippen molar-refractivity contribution in [2.24, 2.45) is 11.7 Å². The van der Waals surface area contributed by atoms with Gasteiger partial charge in [0, 0.05) is 23.8 Å². The first-order valence-electron chi connectivity index (χ1n) is 12.8. The monoisotopic (exact) mass is 543 g/mol. The van der Waals surface area contributed by atoms with Gasteiger partial charge in [-0.05, 0) is 49.1 Å². The summed E-state index contributed by atoms with van der Waals surface area (Å²) >= 11 is 0. The van der Waals surface area contributed by atoms with Crippen molar-refractivity contribution in [3.8, 4) is 29.1 Å². The van der Waals surface area contributed by atoms with Crippen LogP contribution in [-0.4, -0.2) is 24.1 Å². The number of ether oxygens (including phenoxy) is 4. The Bertz CT molecular complexity index is 1510. The largest absolute Gasteiger partial charge is 0.490 e. The molecule has 10 nitrogen and oxygen atoms in total. The smallest absolute Gasteiger partial charge is 0.343 e. The molecular formula is C30H29N3O7. The lowest BCUT2D eigenvalue weighted by Gasteiger charge is -2.27. The Labute approximate surface area is 231 Å². The van der Waals surface area contributed by atoms with Gasteiger partial charge in [-0.2, -0.15) is 5.26 Å². The SMILES string of the molecule is CCOc1cc(C2C(C#N)=C(N)Oc3cc(OC(=O)c4cccc([N+](=O)[O-])c4)ccc32)ccc1OCCC(C)C. The lowest BCUT2D eigenvalue weighted by atomic mass is 9.83. The van der Waals surface area contributed by atoms with Crippen molar-refractivity contribution in [2.45, 2.75) is 33.1 Å². The van der Waals surface area contributed by atoms with Gasteiger partial charge in [0.25, 0.3) is 5.69 Å². The van der Waals surface area contributed by atoms with Gasteiger partial charge in [0.15, 0.2) is 11.5 Å². The highest BCUT2D eigenvalue weighted by molar-refractivity contribution is 5.91. The second kappa shape index (κ2) is 12.2. The van der Waals surface area contributed by atoms with Crippen LogP contribution in [0.25, 0.3) is 0 Å². The first-order chi connectivity index (χ1) is 19.2. The molecule has 4 rings (SSSR count). The van der Waals surface area contributed by atoms with Crippen LogP contribution in [0.5, 0.6) is 23.0 Å². The van der Waals surface area contributed by atoms with Crippen LogP contribution in [0.15, 0.2) is 72.1 Å².